The molecule has 1 heterocycles. The minimum Gasteiger partial charge on any atom is -0.351 e. The van der Waals surface area contributed by atoms with E-state index in [4.69, 9.17) is 0 Å². The van der Waals surface area contributed by atoms with E-state index < -0.39 is 9.84 Å². The van der Waals surface area contributed by atoms with Gasteiger partial charge in [0.1, 0.15) is 9.84 Å². The maximum atomic E-state index is 11.1. The molecule has 1 rings (SSSR count). The zero-order valence-corrected chi connectivity index (χ0v) is 12.5. The number of nitrogens with one attached hydrogen (secondary N) is 1. The molecular formula is C13H24N2O2S. The van der Waals surface area contributed by atoms with Crippen molar-refractivity contribution in [2.24, 2.45) is 0 Å². The summed E-state index contributed by atoms with van der Waals surface area (Å²) >= 11 is 0. The fourth-order valence-electron chi connectivity index (χ4n) is 1.84. The maximum absolute atomic E-state index is 11.1. The molecule has 1 aromatic heterocycles. The van der Waals surface area contributed by atoms with Crippen molar-refractivity contribution < 1.29 is 8.42 Å². The number of hydrogen-bond donors (Lipinski definition) is 1. The summed E-state index contributed by atoms with van der Waals surface area (Å²) in [5.74, 6) is 0.254. The lowest BCUT2D eigenvalue weighted by Gasteiger charge is -2.10. The van der Waals surface area contributed by atoms with E-state index in [1.165, 1.54) is 17.5 Å². The monoisotopic (exact) mass is 272 g/mol. The number of aryl methyl sites for hydroxylation is 1. The van der Waals surface area contributed by atoms with Crippen LogP contribution in [0.3, 0.4) is 0 Å². The number of nitrogens with zero attached hydrogens (tertiary/aromatic N) is 1. The highest BCUT2D eigenvalue weighted by Gasteiger charge is 2.06. The van der Waals surface area contributed by atoms with E-state index >= 15 is 0 Å². The minimum atomic E-state index is -2.85. The number of aromatic nitrogens is 1. The molecule has 0 saturated heterocycles. The molecule has 4 nitrogen and oxygen atoms in total. The van der Waals surface area contributed by atoms with E-state index in [0.29, 0.717) is 12.5 Å². The van der Waals surface area contributed by atoms with Gasteiger partial charge in [0, 0.05) is 37.3 Å². The minimum absolute atomic E-state index is 0.254. The Balaban J connectivity index is 2.53. The Kier molecular flexibility index (Phi) is 5.41. The van der Waals surface area contributed by atoms with Crippen LogP contribution in [0.15, 0.2) is 12.3 Å². The van der Waals surface area contributed by atoms with Crippen molar-refractivity contribution in [3.63, 3.8) is 0 Å². The fourth-order valence-corrected chi connectivity index (χ4v) is 2.49. The predicted molar refractivity (Wildman–Crippen MR) is 75.5 cm³/mol. The van der Waals surface area contributed by atoms with Gasteiger partial charge >= 0.3 is 0 Å². The van der Waals surface area contributed by atoms with Gasteiger partial charge in [-0.25, -0.2) is 8.42 Å². The summed E-state index contributed by atoms with van der Waals surface area (Å²) in [6.45, 7) is 7.96. The first-order valence-electron chi connectivity index (χ1n) is 6.35. The summed E-state index contributed by atoms with van der Waals surface area (Å²) in [7, 11) is -2.85. The number of sulfone groups is 1. The van der Waals surface area contributed by atoms with Crippen molar-refractivity contribution in [2.45, 2.75) is 46.3 Å². The quantitative estimate of drug-likeness (QED) is 0.822. The van der Waals surface area contributed by atoms with Crippen molar-refractivity contribution in [1.29, 1.82) is 0 Å². The van der Waals surface area contributed by atoms with Crippen LogP contribution in [0.5, 0.6) is 0 Å². The van der Waals surface area contributed by atoms with Crippen LogP contribution >= 0.6 is 0 Å². The molecule has 0 saturated carbocycles. The normalized spacial score (nSPS) is 12.3. The van der Waals surface area contributed by atoms with Gasteiger partial charge in [-0.1, -0.05) is 13.8 Å². The van der Waals surface area contributed by atoms with Gasteiger partial charge in [0.15, 0.2) is 0 Å². The highest BCUT2D eigenvalue weighted by Crippen LogP contribution is 2.11. The van der Waals surface area contributed by atoms with Crippen molar-refractivity contribution in [1.82, 2.24) is 9.88 Å². The van der Waals surface area contributed by atoms with E-state index in [0.717, 1.165) is 13.1 Å². The van der Waals surface area contributed by atoms with Gasteiger partial charge in [-0.05, 0) is 25.0 Å². The van der Waals surface area contributed by atoms with Gasteiger partial charge in [-0.3, -0.25) is 0 Å². The molecule has 0 atom stereocenters. The standard InChI is InChI=1S/C13H24N2O2S/c1-11(2)14-10-13-6-8-15(12(13)3)7-5-9-18(4,16)17/h6,8,11,14H,5,7,9-10H2,1-4H3. The smallest absolute Gasteiger partial charge is 0.147 e. The van der Waals surface area contributed by atoms with Crippen LogP contribution in [-0.2, 0) is 22.9 Å². The second-order valence-corrected chi connectivity index (χ2v) is 7.40. The van der Waals surface area contributed by atoms with Gasteiger partial charge in [0.05, 0.1) is 5.75 Å². The van der Waals surface area contributed by atoms with E-state index in [9.17, 15) is 8.42 Å². The molecule has 0 bridgehead atoms. The molecule has 0 aliphatic rings. The molecule has 0 amide bonds. The summed E-state index contributed by atoms with van der Waals surface area (Å²) in [5.41, 5.74) is 2.50. The fraction of sp³-hybridized carbons (Fsp3) is 0.692. The Morgan fingerprint density at radius 1 is 1.39 bits per heavy atom. The molecule has 0 spiro atoms. The van der Waals surface area contributed by atoms with Gasteiger partial charge in [0.2, 0.25) is 0 Å². The molecule has 0 unspecified atom stereocenters. The van der Waals surface area contributed by atoms with Gasteiger partial charge in [-0.2, -0.15) is 0 Å². The molecule has 1 N–H and O–H groups in total. The van der Waals surface area contributed by atoms with E-state index in [1.807, 2.05) is 6.20 Å². The Bertz CT molecular complexity index is 475. The molecular weight excluding hydrogens is 248 g/mol. The zero-order chi connectivity index (χ0) is 13.8. The third-order valence-electron chi connectivity index (χ3n) is 2.97. The predicted octanol–water partition coefficient (Wildman–Crippen LogP) is 1.73. The maximum Gasteiger partial charge on any atom is 0.147 e. The van der Waals surface area contributed by atoms with Crippen LogP contribution in [-0.4, -0.2) is 31.0 Å². The van der Waals surface area contributed by atoms with Crippen molar-refractivity contribution in [3.05, 3.63) is 23.5 Å². The first-order valence-corrected chi connectivity index (χ1v) is 8.41. The lowest BCUT2D eigenvalue weighted by atomic mass is 10.2. The Hall–Kier alpha value is -0.810. The second-order valence-electron chi connectivity index (χ2n) is 5.14. The number of rotatable bonds is 7. The highest BCUT2D eigenvalue weighted by molar-refractivity contribution is 7.90. The first-order chi connectivity index (χ1) is 8.29. The first kappa shape index (κ1) is 15.2. The Morgan fingerprint density at radius 3 is 2.61 bits per heavy atom. The summed E-state index contributed by atoms with van der Waals surface area (Å²) < 4.78 is 24.3. The Morgan fingerprint density at radius 2 is 2.06 bits per heavy atom. The van der Waals surface area contributed by atoms with Crippen LogP contribution in [0.4, 0.5) is 0 Å². The number of hydrogen-bond acceptors (Lipinski definition) is 3. The molecule has 5 heteroatoms. The van der Waals surface area contributed by atoms with Crippen LogP contribution < -0.4 is 5.32 Å². The second kappa shape index (κ2) is 6.38. The van der Waals surface area contributed by atoms with Crippen molar-refractivity contribution in [3.8, 4) is 0 Å². The summed E-state index contributed by atoms with van der Waals surface area (Å²) in [5, 5.41) is 3.39. The molecule has 0 aliphatic carbocycles. The Labute approximate surface area is 110 Å². The molecule has 0 fully saturated rings. The van der Waals surface area contributed by atoms with Crippen molar-refractivity contribution in [2.75, 3.05) is 12.0 Å². The molecule has 0 radical (unpaired) electrons. The van der Waals surface area contributed by atoms with Gasteiger partial charge in [0.25, 0.3) is 0 Å². The van der Waals surface area contributed by atoms with Crippen molar-refractivity contribution >= 4 is 9.84 Å². The summed E-state index contributed by atoms with van der Waals surface area (Å²) in [6, 6.07) is 2.57. The average molecular weight is 272 g/mol. The van der Waals surface area contributed by atoms with Crippen LogP contribution in [0.25, 0.3) is 0 Å². The van der Waals surface area contributed by atoms with Crippen LogP contribution in [0, 0.1) is 6.92 Å². The molecule has 18 heavy (non-hydrogen) atoms. The summed E-state index contributed by atoms with van der Waals surface area (Å²) in [6.07, 6.45) is 3.99. The third kappa shape index (κ3) is 5.23. The molecule has 1 aromatic rings. The third-order valence-corrected chi connectivity index (χ3v) is 4.00. The SMILES string of the molecule is Cc1c(CNC(C)C)ccn1CCCS(C)(=O)=O. The highest BCUT2D eigenvalue weighted by atomic mass is 32.2. The molecule has 104 valence electrons. The largest absolute Gasteiger partial charge is 0.351 e. The lowest BCUT2D eigenvalue weighted by molar-refractivity contribution is 0.580. The van der Waals surface area contributed by atoms with Crippen LogP contribution in [0.2, 0.25) is 0 Å². The van der Waals surface area contributed by atoms with E-state index in [1.54, 1.807) is 0 Å². The van der Waals surface area contributed by atoms with Crippen LogP contribution in [0.1, 0.15) is 31.5 Å². The molecule has 0 aromatic carbocycles. The topological polar surface area (TPSA) is 51.1 Å². The molecule has 0 aliphatic heterocycles. The zero-order valence-electron chi connectivity index (χ0n) is 11.7. The van der Waals surface area contributed by atoms with Gasteiger partial charge in [-0.15, -0.1) is 0 Å². The van der Waals surface area contributed by atoms with Gasteiger partial charge < -0.3 is 9.88 Å². The van der Waals surface area contributed by atoms with E-state index in [2.05, 4.69) is 36.7 Å². The average Bonchev–Trinajstić information content (AvgIpc) is 2.56. The van der Waals surface area contributed by atoms with E-state index in [-0.39, 0.29) is 5.75 Å². The summed E-state index contributed by atoms with van der Waals surface area (Å²) in [4.78, 5) is 0. The lowest BCUT2D eigenvalue weighted by Crippen LogP contribution is -2.22.